The largest absolute Gasteiger partial charge is 0.508 e. The minimum atomic E-state index is -1.01. The zero-order valence-corrected chi connectivity index (χ0v) is 16.5. The fourth-order valence-electron chi connectivity index (χ4n) is 3.69. The Morgan fingerprint density at radius 1 is 1.15 bits per heavy atom. The minimum absolute atomic E-state index is 0.155. The molecule has 0 spiro atoms. The van der Waals surface area contributed by atoms with Crippen LogP contribution in [0.5, 0.6) is 17.2 Å². The van der Waals surface area contributed by atoms with Gasteiger partial charge in [0.25, 0.3) is 5.91 Å². The predicted molar refractivity (Wildman–Crippen MR) is 104 cm³/mol. The fraction of sp³-hybridized carbons (Fsp3) is 0.409. The maximum Gasteiger partial charge on any atom is 0.264 e. The number of benzene rings is 2. The Labute approximate surface area is 160 Å². The van der Waals surface area contributed by atoms with Crippen molar-refractivity contribution in [1.82, 2.24) is 5.32 Å². The van der Waals surface area contributed by atoms with Crippen LogP contribution in [-0.2, 0) is 11.2 Å². The molecule has 2 aromatic rings. The molecule has 5 nitrogen and oxygen atoms in total. The number of carbonyl (C=O) groups excluding carboxylic acids is 1. The van der Waals surface area contributed by atoms with Crippen LogP contribution in [0.25, 0.3) is 0 Å². The molecule has 0 aliphatic carbocycles. The topological polar surface area (TPSA) is 78.8 Å². The number of fused-ring (bicyclic) bond motifs is 1. The number of aromatic hydroxyl groups is 2. The van der Waals surface area contributed by atoms with Gasteiger partial charge in [-0.3, -0.25) is 4.79 Å². The van der Waals surface area contributed by atoms with Crippen LogP contribution in [0.4, 0.5) is 0 Å². The standard InChI is InChI=1S/C22H27NO4/c1-12-13(2)20-16(14(3)19(12)25)10-11-22(5,27-20)21(26)23-15(4)17-8-6-7-9-18(17)24/h6-9,15,24-25H,10-11H2,1-5H3,(H,23,26)/t15-,22?/m0/s1. The molecule has 27 heavy (non-hydrogen) atoms. The second-order valence-corrected chi connectivity index (χ2v) is 7.62. The number of ether oxygens (including phenoxy) is 1. The number of rotatable bonds is 3. The number of amides is 1. The number of phenolic OH excluding ortho intramolecular Hbond substituents is 2. The summed E-state index contributed by atoms with van der Waals surface area (Å²) in [6.45, 7) is 9.27. The first-order chi connectivity index (χ1) is 12.7. The average molecular weight is 369 g/mol. The summed E-state index contributed by atoms with van der Waals surface area (Å²) in [6.07, 6.45) is 1.17. The molecule has 1 heterocycles. The van der Waals surface area contributed by atoms with E-state index in [0.717, 1.165) is 22.3 Å². The molecule has 0 saturated carbocycles. The zero-order chi connectivity index (χ0) is 19.9. The Hall–Kier alpha value is -2.69. The minimum Gasteiger partial charge on any atom is -0.508 e. The molecule has 1 aliphatic heterocycles. The van der Waals surface area contributed by atoms with Gasteiger partial charge in [-0.2, -0.15) is 0 Å². The van der Waals surface area contributed by atoms with Crippen LogP contribution in [0.15, 0.2) is 24.3 Å². The number of para-hydroxylation sites is 1. The van der Waals surface area contributed by atoms with E-state index in [1.165, 1.54) is 0 Å². The Kier molecular flexibility index (Phi) is 4.81. The molecule has 1 amide bonds. The van der Waals surface area contributed by atoms with Gasteiger partial charge in [0.05, 0.1) is 6.04 Å². The van der Waals surface area contributed by atoms with Gasteiger partial charge in [0.1, 0.15) is 17.2 Å². The number of nitrogens with one attached hydrogen (secondary N) is 1. The van der Waals surface area contributed by atoms with Crippen LogP contribution in [0.1, 0.15) is 54.1 Å². The molecule has 144 valence electrons. The molecule has 0 aromatic heterocycles. The van der Waals surface area contributed by atoms with Gasteiger partial charge in [0.15, 0.2) is 5.60 Å². The molecule has 2 atom stereocenters. The summed E-state index contributed by atoms with van der Waals surface area (Å²) in [7, 11) is 0. The van der Waals surface area contributed by atoms with E-state index < -0.39 is 5.60 Å². The third-order valence-electron chi connectivity index (χ3n) is 5.75. The summed E-state index contributed by atoms with van der Waals surface area (Å²) in [4.78, 5) is 13.0. The van der Waals surface area contributed by atoms with Crippen molar-refractivity contribution in [2.24, 2.45) is 0 Å². The van der Waals surface area contributed by atoms with E-state index in [9.17, 15) is 15.0 Å². The number of phenols is 2. The summed E-state index contributed by atoms with van der Waals surface area (Å²) in [6, 6.07) is 6.63. The van der Waals surface area contributed by atoms with Crippen molar-refractivity contribution in [2.75, 3.05) is 0 Å². The van der Waals surface area contributed by atoms with Crippen molar-refractivity contribution in [2.45, 2.75) is 59.1 Å². The summed E-state index contributed by atoms with van der Waals surface area (Å²) in [5, 5.41) is 23.3. The van der Waals surface area contributed by atoms with Gasteiger partial charge < -0.3 is 20.3 Å². The zero-order valence-electron chi connectivity index (χ0n) is 16.5. The van der Waals surface area contributed by atoms with Crippen LogP contribution in [0.3, 0.4) is 0 Å². The van der Waals surface area contributed by atoms with Gasteiger partial charge in [-0.15, -0.1) is 0 Å². The van der Waals surface area contributed by atoms with Crippen molar-refractivity contribution < 1.29 is 19.7 Å². The van der Waals surface area contributed by atoms with Gasteiger partial charge >= 0.3 is 0 Å². The van der Waals surface area contributed by atoms with E-state index in [0.29, 0.717) is 29.9 Å². The van der Waals surface area contributed by atoms with Crippen molar-refractivity contribution >= 4 is 5.91 Å². The highest BCUT2D eigenvalue weighted by Crippen LogP contribution is 2.43. The van der Waals surface area contributed by atoms with Crippen LogP contribution in [-0.4, -0.2) is 21.7 Å². The Morgan fingerprint density at radius 3 is 2.48 bits per heavy atom. The molecule has 0 bridgehead atoms. The van der Waals surface area contributed by atoms with Gasteiger partial charge in [0, 0.05) is 17.5 Å². The normalized spacial score (nSPS) is 19.7. The second kappa shape index (κ2) is 6.80. The molecule has 5 heteroatoms. The first-order valence-electron chi connectivity index (χ1n) is 9.25. The van der Waals surface area contributed by atoms with E-state index in [1.54, 1.807) is 25.1 Å². The molecule has 2 aromatic carbocycles. The highest BCUT2D eigenvalue weighted by Gasteiger charge is 2.41. The lowest BCUT2D eigenvalue weighted by atomic mass is 9.86. The third-order valence-corrected chi connectivity index (χ3v) is 5.75. The van der Waals surface area contributed by atoms with E-state index in [1.807, 2.05) is 33.8 Å². The molecule has 1 unspecified atom stereocenters. The molecule has 3 N–H and O–H groups in total. The van der Waals surface area contributed by atoms with Crippen LogP contribution in [0.2, 0.25) is 0 Å². The lowest BCUT2D eigenvalue weighted by Gasteiger charge is -2.37. The summed E-state index contributed by atoms with van der Waals surface area (Å²) in [5.41, 5.74) is 3.08. The van der Waals surface area contributed by atoms with Crippen LogP contribution < -0.4 is 10.1 Å². The van der Waals surface area contributed by atoms with Gasteiger partial charge in [0.2, 0.25) is 0 Å². The van der Waals surface area contributed by atoms with Gasteiger partial charge in [-0.05, 0) is 63.8 Å². The molecule has 1 aliphatic rings. The average Bonchev–Trinajstić information content (AvgIpc) is 2.64. The summed E-state index contributed by atoms with van der Waals surface area (Å²) in [5.74, 6) is 0.938. The summed E-state index contributed by atoms with van der Waals surface area (Å²) < 4.78 is 6.21. The Balaban J connectivity index is 1.86. The number of hydrogen-bond acceptors (Lipinski definition) is 4. The van der Waals surface area contributed by atoms with E-state index in [4.69, 9.17) is 4.74 Å². The molecular weight excluding hydrogens is 342 g/mol. The Morgan fingerprint density at radius 2 is 1.81 bits per heavy atom. The van der Waals surface area contributed by atoms with Gasteiger partial charge in [-0.1, -0.05) is 18.2 Å². The highest BCUT2D eigenvalue weighted by molar-refractivity contribution is 5.86. The van der Waals surface area contributed by atoms with Crippen LogP contribution in [0, 0.1) is 20.8 Å². The lowest BCUT2D eigenvalue weighted by Crippen LogP contribution is -2.51. The quantitative estimate of drug-likeness (QED) is 0.764. The maximum atomic E-state index is 13.0. The summed E-state index contributed by atoms with van der Waals surface area (Å²) >= 11 is 0. The molecule has 3 rings (SSSR count). The van der Waals surface area contributed by atoms with Crippen molar-refractivity contribution in [3.63, 3.8) is 0 Å². The van der Waals surface area contributed by atoms with Crippen LogP contribution >= 0.6 is 0 Å². The Bertz CT molecular complexity index is 906. The first kappa shape index (κ1) is 19.1. The molecule has 0 fully saturated rings. The smallest absolute Gasteiger partial charge is 0.264 e. The van der Waals surface area contributed by atoms with Crippen molar-refractivity contribution in [3.05, 3.63) is 52.1 Å². The predicted octanol–water partition coefficient (Wildman–Crippen LogP) is 3.98. The monoisotopic (exact) mass is 369 g/mol. The van der Waals surface area contributed by atoms with E-state index in [2.05, 4.69) is 5.32 Å². The maximum absolute atomic E-state index is 13.0. The van der Waals surface area contributed by atoms with E-state index >= 15 is 0 Å². The van der Waals surface area contributed by atoms with Gasteiger partial charge in [-0.25, -0.2) is 0 Å². The van der Waals surface area contributed by atoms with E-state index in [-0.39, 0.29) is 17.7 Å². The molecule has 0 radical (unpaired) electrons. The second-order valence-electron chi connectivity index (χ2n) is 7.62. The highest BCUT2D eigenvalue weighted by atomic mass is 16.5. The third kappa shape index (κ3) is 3.22. The molecule has 0 saturated heterocycles. The SMILES string of the molecule is Cc1c(C)c2c(c(C)c1O)CCC(C)(C(=O)N[C@@H](C)c1ccccc1O)O2. The fourth-order valence-corrected chi connectivity index (χ4v) is 3.69. The molecular formula is C22H27NO4. The van der Waals surface area contributed by atoms with Crippen molar-refractivity contribution in [1.29, 1.82) is 0 Å². The van der Waals surface area contributed by atoms with Crippen molar-refractivity contribution in [3.8, 4) is 17.2 Å². The number of hydrogen-bond donors (Lipinski definition) is 3. The number of carbonyl (C=O) groups is 1. The first-order valence-corrected chi connectivity index (χ1v) is 9.25. The lowest BCUT2D eigenvalue weighted by molar-refractivity contribution is -0.137.